The number of hydrogen-bond donors (Lipinski definition) is 1. The Morgan fingerprint density at radius 3 is 2.83 bits per heavy atom. The molecule has 0 fully saturated rings. The lowest BCUT2D eigenvalue weighted by Crippen LogP contribution is -2.03. The smallest absolute Gasteiger partial charge is 0.241 e. The molecule has 0 unspecified atom stereocenters. The second-order valence-corrected chi connectivity index (χ2v) is 7.03. The van der Waals surface area contributed by atoms with Gasteiger partial charge in [0.25, 0.3) is 0 Å². The molecule has 0 amide bonds. The van der Waals surface area contributed by atoms with Gasteiger partial charge in [-0.3, -0.25) is 0 Å². The molecule has 1 aromatic carbocycles. The molecule has 8 heteroatoms. The normalized spacial score (nSPS) is 11.3. The van der Waals surface area contributed by atoms with Gasteiger partial charge >= 0.3 is 0 Å². The highest BCUT2D eigenvalue weighted by Gasteiger charge is 2.15. The summed E-state index contributed by atoms with van der Waals surface area (Å²) >= 11 is 0. The van der Waals surface area contributed by atoms with E-state index in [1.54, 1.807) is 7.11 Å². The Morgan fingerprint density at radius 2 is 2.00 bits per heavy atom. The first-order chi connectivity index (χ1) is 14.7. The molecule has 0 radical (unpaired) electrons. The van der Waals surface area contributed by atoms with E-state index in [0.29, 0.717) is 12.4 Å². The van der Waals surface area contributed by atoms with Crippen molar-refractivity contribution in [2.75, 3.05) is 19.5 Å². The summed E-state index contributed by atoms with van der Waals surface area (Å²) in [5.41, 5.74) is 6.49. The molecule has 4 heterocycles. The van der Waals surface area contributed by atoms with E-state index in [1.165, 1.54) is 11.9 Å². The van der Waals surface area contributed by atoms with Crippen molar-refractivity contribution in [3.8, 4) is 11.6 Å². The predicted octanol–water partition coefficient (Wildman–Crippen LogP) is 3.57. The molecule has 4 aromatic heterocycles. The molecule has 0 aliphatic carbocycles. The van der Waals surface area contributed by atoms with Crippen LogP contribution >= 0.6 is 0 Å². The molecule has 1 N–H and O–H groups in total. The minimum absolute atomic E-state index is 0.527. The highest BCUT2D eigenvalue weighted by atomic mass is 16.5. The standard InChI is InChI=1S/C22H21N7O/c1-14-27-21-19(29(14)12-15-5-4-6-16(9-15)23-2)10-17(11-24-21)28-8-7-18-20(28)22(30-3)26-13-25-18/h4-11,13,23H,12H2,1-3H3. The lowest BCUT2D eigenvalue weighted by atomic mass is 10.2. The molecule has 0 saturated heterocycles. The van der Waals surface area contributed by atoms with Gasteiger partial charge in [0.1, 0.15) is 17.7 Å². The van der Waals surface area contributed by atoms with E-state index in [2.05, 4.69) is 60.2 Å². The number of benzene rings is 1. The number of methoxy groups -OCH3 is 1. The minimum atomic E-state index is 0.527. The van der Waals surface area contributed by atoms with Crippen LogP contribution < -0.4 is 10.1 Å². The van der Waals surface area contributed by atoms with E-state index >= 15 is 0 Å². The zero-order valence-corrected chi connectivity index (χ0v) is 17.0. The third kappa shape index (κ3) is 2.93. The zero-order chi connectivity index (χ0) is 20.7. The number of aromatic nitrogens is 6. The van der Waals surface area contributed by atoms with Gasteiger partial charge in [0.2, 0.25) is 5.88 Å². The number of aryl methyl sites for hydroxylation is 1. The Balaban J connectivity index is 1.64. The number of imidazole rings is 1. The number of nitrogens with one attached hydrogen (secondary N) is 1. The van der Waals surface area contributed by atoms with Crippen LogP contribution in [0.5, 0.6) is 5.88 Å². The maximum Gasteiger partial charge on any atom is 0.241 e. The van der Waals surface area contributed by atoms with Crippen LogP contribution in [0, 0.1) is 6.92 Å². The van der Waals surface area contributed by atoms with E-state index in [4.69, 9.17) is 4.74 Å². The predicted molar refractivity (Wildman–Crippen MR) is 116 cm³/mol. The number of pyridine rings is 1. The van der Waals surface area contributed by atoms with Crippen molar-refractivity contribution in [1.82, 2.24) is 29.1 Å². The van der Waals surface area contributed by atoms with Crippen molar-refractivity contribution in [2.24, 2.45) is 0 Å². The summed E-state index contributed by atoms with van der Waals surface area (Å²) in [6, 6.07) is 12.4. The van der Waals surface area contributed by atoms with Crippen molar-refractivity contribution in [3.05, 3.63) is 66.5 Å². The lowest BCUT2D eigenvalue weighted by molar-refractivity contribution is 0.401. The van der Waals surface area contributed by atoms with Crippen LogP contribution in [-0.2, 0) is 6.54 Å². The van der Waals surface area contributed by atoms with Crippen molar-refractivity contribution in [1.29, 1.82) is 0 Å². The molecule has 0 saturated carbocycles. The van der Waals surface area contributed by atoms with Crippen molar-refractivity contribution in [3.63, 3.8) is 0 Å². The third-order valence-electron chi connectivity index (χ3n) is 5.25. The molecule has 5 rings (SSSR count). The maximum atomic E-state index is 5.45. The van der Waals surface area contributed by atoms with Gasteiger partial charge < -0.3 is 19.2 Å². The molecule has 0 bridgehead atoms. The lowest BCUT2D eigenvalue weighted by Gasteiger charge is -2.11. The highest BCUT2D eigenvalue weighted by molar-refractivity contribution is 5.83. The number of anilines is 1. The van der Waals surface area contributed by atoms with Gasteiger partial charge in [-0.05, 0) is 36.8 Å². The van der Waals surface area contributed by atoms with E-state index in [1.807, 2.05) is 37.0 Å². The summed E-state index contributed by atoms with van der Waals surface area (Å²) in [4.78, 5) is 17.8. The van der Waals surface area contributed by atoms with Gasteiger partial charge in [-0.25, -0.2) is 15.0 Å². The Labute approximate surface area is 173 Å². The number of hydrogen-bond acceptors (Lipinski definition) is 6. The first-order valence-corrected chi connectivity index (χ1v) is 9.64. The second-order valence-electron chi connectivity index (χ2n) is 7.03. The number of ether oxygens (including phenoxy) is 1. The molecule has 0 spiro atoms. The first kappa shape index (κ1) is 18.1. The van der Waals surface area contributed by atoms with E-state index in [9.17, 15) is 0 Å². The van der Waals surface area contributed by atoms with Crippen LogP contribution in [0.4, 0.5) is 5.69 Å². The Kier molecular flexibility index (Phi) is 4.31. The van der Waals surface area contributed by atoms with Gasteiger partial charge in [-0.1, -0.05) is 12.1 Å². The van der Waals surface area contributed by atoms with E-state index in [-0.39, 0.29) is 0 Å². The molecule has 0 aliphatic rings. The summed E-state index contributed by atoms with van der Waals surface area (Å²) in [5.74, 6) is 1.45. The second kappa shape index (κ2) is 7.14. The summed E-state index contributed by atoms with van der Waals surface area (Å²) in [5, 5.41) is 3.19. The van der Waals surface area contributed by atoms with Crippen LogP contribution in [0.1, 0.15) is 11.4 Å². The van der Waals surface area contributed by atoms with Gasteiger partial charge in [0, 0.05) is 25.5 Å². The van der Waals surface area contributed by atoms with Crippen molar-refractivity contribution < 1.29 is 4.74 Å². The molecule has 30 heavy (non-hydrogen) atoms. The largest absolute Gasteiger partial charge is 0.479 e. The highest BCUT2D eigenvalue weighted by Crippen LogP contribution is 2.27. The maximum absolute atomic E-state index is 5.45. The monoisotopic (exact) mass is 399 g/mol. The summed E-state index contributed by atoms with van der Waals surface area (Å²) < 4.78 is 9.62. The minimum Gasteiger partial charge on any atom is -0.479 e. The third-order valence-corrected chi connectivity index (χ3v) is 5.25. The van der Waals surface area contributed by atoms with Gasteiger partial charge in [-0.15, -0.1) is 0 Å². The molecule has 5 aromatic rings. The Hall–Kier alpha value is -3.94. The van der Waals surface area contributed by atoms with Crippen LogP contribution in [-0.4, -0.2) is 43.2 Å². The Bertz CT molecular complexity index is 1370. The fraction of sp³-hybridized carbons (Fsp3) is 0.182. The fourth-order valence-corrected chi connectivity index (χ4v) is 3.76. The van der Waals surface area contributed by atoms with Gasteiger partial charge in [-0.2, -0.15) is 4.98 Å². The molecule has 150 valence electrons. The van der Waals surface area contributed by atoms with Crippen LogP contribution in [0.3, 0.4) is 0 Å². The Morgan fingerprint density at radius 1 is 1.10 bits per heavy atom. The summed E-state index contributed by atoms with van der Waals surface area (Å²) in [7, 11) is 3.53. The quantitative estimate of drug-likeness (QED) is 0.486. The van der Waals surface area contributed by atoms with Crippen molar-refractivity contribution in [2.45, 2.75) is 13.5 Å². The molecule has 8 nitrogen and oxygen atoms in total. The number of nitrogens with zero attached hydrogens (tertiary/aromatic N) is 6. The number of rotatable bonds is 5. The van der Waals surface area contributed by atoms with Crippen LogP contribution in [0.15, 0.2) is 55.1 Å². The first-order valence-electron chi connectivity index (χ1n) is 9.64. The van der Waals surface area contributed by atoms with E-state index < -0.39 is 0 Å². The van der Waals surface area contributed by atoms with Crippen LogP contribution in [0.25, 0.3) is 27.9 Å². The average molecular weight is 399 g/mol. The molecular weight excluding hydrogens is 378 g/mol. The molecule has 0 atom stereocenters. The topological polar surface area (TPSA) is 82.7 Å². The molecule has 0 aliphatic heterocycles. The number of fused-ring (bicyclic) bond motifs is 2. The van der Waals surface area contributed by atoms with Gasteiger partial charge in [0.05, 0.1) is 30.0 Å². The summed E-state index contributed by atoms with van der Waals surface area (Å²) in [6.45, 7) is 2.72. The van der Waals surface area contributed by atoms with Crippen molar-refractivity contribution >= 4 is 27.9 Å². The summed E-state index contributed by atoms with van der Waals surface area (Å²) in [6.07, 6.45) is 5.27. The fourth-order valence-electron chi connectivity index (χ4n) is 3.76. The zero-order valence-electron chi connectivity index (χ0n) is 17.0. The van der Waals surface area contributed by atoms with Crippen LogP contribution in [0.2, 0.25) is 0 Å². The average Bonchev–Trinajstić information content (AvgIpc) is 3.34. The van der Waals surface area contributed by atoms with Gasteiger partial charge in [0.15, 0.2) is 5.65 Å². The SMILES string of the molecule is CNc1cccc(Cn2c(C)nc3ncc(-n4ccc5ncnc(OC)c54)cc32)c1. The van der Waals surface area contributed by atoms with E-state index in [0.717, 1.165) is 39.4 Å². The molecular formula is C22H21N7O.